The number of rotatable bonds is 11. The number of pyridine rings is 1. The Bertz CT molecular complexity index is 1260. The number of benzene rings is 1. The summed E-state index contributed by atoms with van der Waals surface area (Å²) in [5.41, 5.74) is 4.78. The molecule has 0 aliphatic carbocycles. The van der Waals surface area contributed by atoms with E-state index in [9.17, 15) is 4.79 Å². The number of unbranched alkanes of at least 4 members (excludes halogenated alkanes) is 1. The van der Waals surface area contributed by atoms with Gasteiger partial charge in [0.05, 0.1) is 24.4 Å². The largest absolute Gasteiger partial charge is 0.459 e. The van der Waals surface area contributed by atoms with Crippen molar-refractivity contribution in [3.63, 3.8) is 0 Å². The second-order valence-electron chi connectivity index (χ2n) is 13.8. The highest BCUT2D eigenvalue weighted by Crippen LogP contribution is 2.37. The number of esters is 1. The molecular formula is C35H51N3O5. The second kappa shape index (κ2) is 13.6. The van der Waals surface area contributed by atoms with Gasteiger partial charge in [-0.3, -0.25) is 4.90 Å². The Hall–Kier alpha value is -2.52. The van der Waals surface area contributed by atoms with Crippen LogP contribution in [0.15, 0.2) is 30.3 Å². The standard InChI is InChI=1S/C35H51N3O5/c1-34(2,3)43-33(39)31(28-14-9-11-25-23-42-30(21-29(25)28)35(4,5)40-6)38-19-17-27(22-38)41-20-8-7-13-26-16-15-24-12-10-18-36-32(24)37-26/h9,11,14-16,27,30-31H,7-8,10,12-13,17-23H2,1-6H3,(H,36,37)/t27-,30+,31?/m1/s1. The van der Waals surface area contributed by atoms with Crippen LogP contribution in [0, 0.1) is 0 Å². The van der Waals surface area contributed by atoms with E-state index in [0.29, 0.717) is 26.2 Å². The van der Waals surface area contributed by atoms with Gasteiger partial charge in [-0.1, -0.05) is 24.3 Å². The number of carbonyl (C=O) groups is 1. The van der Waals surface area contributed by atoms with E-state index in [1.807, 2.05) is 26.8 Å². The third-order valence-corrected chi connectivity index (χ3v) is 9.04. The summed E-state index contributed by atoms with van der Waals surface area (Å²) in [4.78, 5) is 20.9. The van der Waals surface area contributed by atoms with Crippen molar-refractivity contribution in [2.45, 2.75) is 116 Å². The Morgan fingerprint density at radius 3 is 2.77 bits per heavy atom. The summed E-state index contributed by atoms with van der Waals surface area (Å²) in [6.45, 7) is 13.6. The lowest BCUT2D eigenvalue weighted by molar-refractivity contribution is -0.161. The van der Waals surface area contributed by atoms with Crippen molar-refractivity contribution in [2.24, 2.45) is 0 Å². The van der Waals surface area contributed by atoms with Gasteiger partial charge < -0.3 is 24.3 Å². The molecule has 43 heavy (non-hydrogen) atoms. The minimum Gasteiger partial charge on any atom is -0.459 e. The van der Waals surface area contributed by atoms with Crippen molar-refractivity contribution in [1.29, 1.82) is 0 Å². The highest BCUT2D eigenvalue weighted by Gasteiger charge is 2.40. The van der Waals surface area contributed by atoms with Crippen LogP contribution in [0.3, 0.4) is 0 Å². The van der Waals surface area contributed by atoms with Gasteiger partial charge >= 0.3 is 5.97 Å². The quantitative estimate of drug-likeness (QED) is 0.259. The molecule has 1 aromatic heterocycles. The molecule has 0 bridgehead atoms. The van der Waals surface area contributed by atoms with E-state index in [4.69, 9.17) is 23.9 Å². The number of anilines is 1. The van der Waals surface area contributed by atoms with Gasteiger partial charge in [0.25, 0.3) is 0 Å². The van der Waals surface area contributed by atoms with Crippen LogP contribution in [-0.4, -0.2) is 72.6 Å². The van der Waals surface area contributed by atoms with E-state index < -0.39 is 17.2 Å². The van der Waals surface area contributed by atoms with Crippen LogP contribution in [0.5, 0.6) is 0 Å². The maximum atomic E-state index is 13.8. The monoisotopic (exact) mass is 593 g/mol. The first-order valence-electron chi connectivity index (χ1n) is 16.1. The fraction of sp³-hybridized carbons (Fsp3) is 0.657. The normalized spacial score (nSPS) is 21.5. The molecule has 1 unspecified atom stereocenters. The summed E-state index contributed by atoms with van der Waals surface area (Å²) in [5, 5.41) is 3.43. The third kappa shape index (κ3) is 7.96. The number of methoxy groups -OCH3 is 1. The molecule has 3 aliphatic rings. The third-order valence-electron chi connectivity index (χ3n) is 9.04. The fourth-order valence-electron chi connectivity index (χ4n) is 6.43. The lowest BCUT2D eigenvalue weighted by Gasteiger charge is -2.38. The van der Waals surface area contributed by atoms with Crippen molar-refractivity contribution in [3.05, 3.63) is 58.3 Å². The van der Waals surface area contributed by atoms with E-state index >= 15 is 0 Å². The number of nitrogens with one attached hydrogen (secondary N) is 1. The van der Waals surface area contributed by atoms with Crippen LogP contribution < -0.4 is 5.32 Å². The van der Waals surface area contributed by atoms with Crippen molar-refractivity contribution >= 4 is 11.8 Å². The number of fused-ring (bicyclic) bond motifs is 2. The Labute approximate surface area is 257 Å². The van der Waals surface area contributed by atoms with Gasteiger partial charge in [-0.15, -0.1) is 0 Å². The minimum absolute atomic E-state index is 0.0963. The maximum Gasteiger partial charge on any atom is 0.328 e. The number of aromatic nitrogens is 1. The molecule has 8 heteroatoms. The zero-order chi connectivity index (χ0) is 30.6. The van der Waals surface area contributed by atoms with Gasteiger partial charge in [0.15, 0.2) is 0 Å². The molecule has 3 aliphatic heterocycles. The summed E-state index contributed by atoms with van der Waals surface area (Å²) in [7, 11) is 1.72. The molecule has 0 amide bonds. The highest BCUT2D eigenvalue weighted by molar-refractivity contribution is 5.79. The number of carbonyl (C=O) groups excluding carboxylic acids is 1. The molecule has 0 spiro atoms. The van der Waals surface area contributed by atoms with Crippen LogP contribution in [0.4, 0.5) is 5.82 Å². The average Bonchev–Trinajstić information content (AvgIpc) is 3.44. The lowest BCUT2D eigenvalue weighted by Crippen LogP contribution is -2.44. The van der Waals surface area contributed by atoms with Crippen LogP contribution in [0.2, 0.25) is 0 Å². The van der Waals surface area contributed by atoms with E-state index in [1.54, 1.807) is 7.11 Å². The topological polar surface area (TPSA) is 82.2 Å². The molecule has 236 valence electrons. The molecule has 2 aromatic rings. The van der Waals surface area contributed by atoms with Crippen LogP contribution in [0.25, 0.3) is 0 Å². The fourth-order valence-corrected chi connectivity index (χ4v) is 6.43. The summed E-state index contributed by atoms with van der Waals surface area (Å²) in [6, 6.07) is 10.1. The minimum atomic E-state index is -0.577. The molecule has 1 N–H and O–H groups in total. The van der Waals surface area contributed by atoms with Gasteiger partial charge in [0.2, 0.25) is 0 Å². The first-order chi connectivity index (χ1) is 20.5. The van der Waals surface area contributed by atoms with Crippen molar-refractivity contribution in [2.75, 3.05) is 38.7 Å². The number of nitrogens with zero attached hydrogens (tertiary/aromatic N) is 2. The summed E-state index contributed by atoms with van der Waals surface area (Å²) < 4.78 is 24.3. The Balaban J connectivity index is 1.22. The predicted molar refractivity (Wildman–Crippen MR) is 168 cm³/mol. The summed E-state index contributed by atoms with van der Waals surface area (Å²) in [5.74, 6) is 0.860. The molecule has 1 saturated heterocycles. The maximum absolute atomic E-state index is 13.8. The van der Waals surface area contributed by atoms with E-state index in [2.05, 4.69) is 48.3 Å². The molecule has 1 fully saturated rings. The molecule has 0 saturated carbocycles. The van der Waals surface area contributed by atoms with Crippen LogP contribution in [0.1, 0.15) is 94.3 Å². The summed E-state index contributed by atoms with van der Waals surface area (Å²) >= 11 is 0. The van der Waals surface area contributed by atoms with Gasteiger partial charge in [0, 0.05) is 45.5 Å². The van der Waals surface area contributed by atoms with Gasteiger partial charge in [-0.2, -0.15) is 0 Å². The first-order valence-corrected chi connectivity index (χ1v) is 16.1. The van der Waals surface area contributed by atoms with Crippen LogP contribution in [-0.2, 0) is 49.6 Å². The Kier molecular flexibility index (Phi) is 10.1. The van der Waals surface area contributed by atoms with E-state index in [1.165, 1.54) is 17.5 Å². The Morgan fingerprint density at radius 1 is 1.14 bits per heavy atom. The zero-order valence-electron chi connectivity index (χ0n) is 27.0. The SMILES string of the molecule is COC(C)(C)[C@@H]1Cc2c(cccc2C(C(=O)OC(C)(C)C)N2CC[C@@H](OCCCCc3ccc4c(n3)NCCC4)C2)CO1. The molecule has 1 aromatic carbocycles. The lowest BCUT2D eigenvalue weighted by atomic mass is 9.85. The average molecular weight is 594 g/mol. The van der Waals surface area contributed by atoms with Crippen molar-refractivity contribution in [1.82, 2.24) is 9.88 Å². The second-order valence-corrected chi connectivity index (χ2v) is 13.8. The molecule has 5 rings (SSSR count). The molecule has 8 nitrogen and oxygen atoms in total. The molecule has 3 atom stereocenters. The number of aryl methyl sites for hydroxylation is 2. The smallest absolute Gasteiger partial charge is 0.328 e. The van der Waals surface area contributed by atoms with Gasteiger partial charge in [0.1, 0.15) is 17.5 Å². The predicted octanol–water partition coefficient (Wildman–Crippen LogP) is 5.80. The van der Waals surface area contributed by atoms with Crippen LogP contribution >= 0.6 is 0 Å². The number of hydrogen-bond acceptors (Lipinski definition) is 8. The van der Waals surface area contributed by atoms with Gasteiger partial charge in [-0.05, 0) is 101 Å². The number of hydrogen-bond donors (Lipinski definition) is 1. The first kappa shape index (κ1) is 31.9. The Morgan fingerprint density at radius 2 is 1.98 bits per heavy atom. The van der Waals surface area contributed by atoms with E-state index in [0.717, 1.165) is 67.8 Å². The molecular weight excluding hydrogens is 542 g/mol. The van der Waals surface area contributed by atoms with Crippen molar-refractivity contribution < 1.29 is 23.7 Å². The van der Waals surface area contributed by atoms with E-state index in [-0.39, 0.29) is 18.2 Å². The molecule has 0 radical (unpaired) electrons. The van der Waals surface area contributed by atoms with Gasteiger partial charge in [-0.25, -0.2) is 9.78 Å². The number of ether oxygens (including phenoxy) is 4. The number of likely N-dealkylation sites (tertiary alicyclic amines) is 1. The highest BCUT2D eigenvalue weighted by atomic mass is 16.6. The van der Waals surface area contributed by atoms with Crippen molar-refractivity contribution in [3.8, 4) is 0 Å². The zero-order valence-corrected chi connectivity index (χ0v) is 27.0. The molecule has 4 heterocycles. The summed E-state index contributed by atoms with van der Waals surface area (Å²) in [6.07, 6.45) is 6.86.